The Morgan fingerprint density at radius 1 is 1.06 bits per heavy atom. The van der Waals surface area contributed by atoms with Crippen LogP contribution in [0.15, 0.2) is 12.1 Å². The van der Waals surface area contributed by atoms with Crippen molar-refractivity contribution in [2.24, 2.45) is 0 Å². The molecule has 1 N–H and O–H groups in total. The molecule has 0 aromatic heterocycles. The predicted molar refractivity (Wildman–Crippen MR) is 53.3 cm³/mol. The third-order valence-corrected chi connectivity index (χ3v) is 2.27. The van der Waals surface area contributed by atoms with Gasteiger partial charge in [-0.2, -0.15) is 13.2 Å². The van der Waals surface area contributed by atoms with E-state index >= 15 is 0 Å². The fourth-order valence-electron chi connectivity index (χ4n) is 1.40. The standard InChI is InChI=1S/C11H11F6N/c1-6(4-11(15,16)17)18-5-7-2-9(13)10(14)3-8(7)12/h2-3,6,18H,4-5H2,1H3. The summed E-state index contributed by atoms with van der Waals surface area (Å²) in [6.45, 7) is 0.964. The SMILES string of the molecule is CC(CC(F)(F)F)NCc1cc(F)c(F)cc1F. The fourth-order valence-corrected chi connectivity index (χ4v) is 1.40. The quantitative estimate of drug-likeness (QED) is 0.652. The van der Waals surface area contributed by atoms with Crippen LogP contribution in [0.5, 0.6) is 0 Å². The Balaban J connectivity index is 2.61. The average Bonchev–Trinajstić information content (AvgIpc) is 2.19. The lowest BCUT2D eigenvalue weighted by Gasteiger charge is -2.16. The van der Waals surface area contributed by atoms with Crippen molar-refractivity contribution < 1.29 is 26.3 Å². The molecule has 0 bridgehead atoms. The van der Waals surface area contributed by atoms with Gasteiger partial charge >= 0.3 is 6.18 Å². The van der Waals surface area contributed by atoms with Crippen LogP contribution in [0.1, 0.15) is 18.9 Å². The first-order valence-electron chi connectivity index (χ1n) is 5.12. The number of rotatable bonds is 4. The van der Waals surface area contributed by atoms with Crippen LogP contribution < -0.4 is 5.32 Å². The molecule has 102 valence electrons. The first-order valence-corrected chi connectivity index (χ1v) is 5.12. The van der Waals surface area contributed by atoms with Crippen molar-refractivity contribution in [3.05, 3.63) is 35.1 Å². The lowest BCUT2D eigenvalue weighted by Crippen LogP contribution is -2.31. The van der Waals surface area contributed by atoms with Gasteiger partial charge in [0.05, 0.1) is 6.42 Å². The molecule has 0 saturated carbocycles. The van der Waals surface area contributed by atoms with Crippen LogP contribution in [-0.2, 0) is 6.54 Å². The molecule has 18 heavy (non-hydrogen) atoms. The highest BCUT2D eigenvalue weighted by Crippen LogP contribution is 2.21. The van der Waals surface area contributed by atoms with Crippen molar-refractivity contribution in [1.29, 1.82) is 0 Å². The molecule has 0 heterocycles. The van der Waals surface area contributed by atoms with Crippen molar-refractivity contribution in [2.45, 2.75) is 32.1 Å². The van der Waals surface area contributed by atoms with E-state index in [0.29, 0.717) is 12.1 Å². The van der Waals surface area contributed by atoms with Crippen molar-refractivity contribution in [3.8, 4) is 0 Å². The van der Waals surface area contributed by atoms with E-state index in [4.69, 9.17) is 0 Å². The molecule has 0 saturated heterocycles. The lowest BCUT2D eigenvalue weighted by molar-refractivity contribution is -0.139. The minimum absolute atomic E-state index is 0.220. The van der Waals surface area contributed by atoms with Crippen molar-refractivity contribution >= 4 is 0 Å². The van der Waals surface area contributed by atoms with Crippen LogP contribution in [0, 0.1) is 17.5 Å². The van der Waals surface area contributed by atoms with Gasteiger partial charge in [0.25, 0.3) is 0 Å². The smallest absolute Gasteiger partial charge is 0.310 e. The molecule has 1 nitrogen and oxygen atoms in total. The second-order valence-electron chi connectivity index (χ2n) is 3.96. The second-order valence-corrected chi connectivity index (χ2v) is 3.96. The van der Waals surface area contributed by atoms with Crippen molar-refractivity contribution in [3.63, 3.8) is 0 Å². The molecule has 1 atom stereocenters. The minimum Gasteiger partial charge on any atom is -0.310 e. The number of benzene rings is 1. The van der Waals surface area contributed by atoms with E-state index in [1.807, 2.05) is 0 Å². The summed E-state index contributed by atoms with van der Waals surface area (Å²) in [5.41, 5.74) is -0.220. The van der Waals surface area contributed by atoms with Gasteiger partial charge in [-0.1, -0.05) is 0 Å². The summed E-state index contributed by atoms with van der Waals surface area (Å²) >= 11 is 0. The number of hydrogen-bond acceptors (Lipinski definition) is 1. The summed E-state index contributed by atoms with van der Waals surface area (Å²) < 4.78 is 74.6. The normalized spacial score (nSPS) is 13.7. The Morgan fingerprint density at radius 2 is 1.61 bits per heavy atom. The molecule has 1 unspecified atom stereocenters. The summed E-state index contributed by atoms with van der Waals surface area (Å²) in [7, 11) is 0. The van der Waals surface area contributed by atoms with Gasteiger partial charge in [0.15, 0.2) is 11.6 Å². The van der Waals surface area contributed by atoms with E-state index in [2.05, 4.69) is 5.32 Å². The topological polar surface area (TPSA) is 12.0 Å². The zero-order chi connectivity index (χ0) is 13.9. The molecule has 7 heteroatoms. The van der Waals surface area contributed by atoms with Gasteiger partial charge < -0.3 is 5.32 Å². The van der Waals surface area contributed by atoms with Gasteiger partial charge in [0.2, 0.25) is 0 Å². The maximum atomic E-state index is 13.1. The highest BCUT2D eigenvalue weighted by Gasteiger charge is 2.29. The summed E-state index contributed by atoms with van der Waals surface area (Å²) in [5.74, 6) is -3.57. The van der Waals surface area contributed by atoms with Crippen LogP contribution >= 0.6 is 0 Å². The first-order chi connectivity index (χ1) is 8.19. The molecular weight excluding hydrogens is 260 g/mol. The van der Waals surface area contributed by atoms with E-state index in [9.17, 15) is 26.3 Å². The zero-order valence-corrected chi connectivity index (χ0v) is 9.41. The van der Waals surface area contributed by atoms with E-state index in [1.165, 1.54) is 6.92 Å². The second kappa shape index (κ2) is 5.60. The first kappa shape index (κ1) is 14.8. The highest BCUT2D eigenvalue weighted by atomic mass is 19.4. The van der Waals surface area contributed by atoms with Gasteiger partial charge in [-0.05, 0) is 13.0 Å². The molecule has 1 rings (SSSR count). The molecule has 1 aromatic carbocycles. The number of halogens is 6. The molecule has 0 aliphatic carbocycles. The van der Waals surface area contributed by atoms with Gasteiger partial charge in [-0.3, -0.25) is 0 Å². The molecule has 0 amide bonds. The Labute approximate surface area is 99.8 Å². The molecule has 0 radical (unpaired) electrons. The van der Waals surface area contributed by atoms with Gasteiger partial charge in [0.1, 0.15) is 5.82 Å². The molecule has 0 aliphatic rings. The van der Waals surface area contributed by atoms with Gasteiger partial charge in [-0.15, -0.1) is 0 Å². The zero-order valence-electron chi connectivity index (χ0n) is 9.41. The third kappa shape index (κ3) is 4.56. The minimum atomic E-state index is -4.33. The Morgan fingerprint density at radius 3 is 2.17 bits per heavy atom. The molecule has 0 fully saturated rings. The largest absolute Gasteiger partial charge is 0.390 e. The molecule has 1 aromatic rings. The van der Waals surface area contributed by atoms with Crippen LogP contribution in [0.3, 0.4) is 0 Å². The number of nitrogens with one attached hydrogen (secondary N) is 1. The molecule has 0 aliphatic heterocycles. The van der Waals surface area contributed by atoms with E-state index in [-0.39, 0.29) is 12.1 Å². The van der Waals surface area contributed by atoms with Crippen LogP contribution in [0.2, 0.25) is 0 Å². The Bertz CT molecular complexity index is 415. The lowest BCUT2D eigenvalue weighted by atomic mass is 10.1. The number of alkyl halides is 3. The van der Waals surface area contributed by atoms with E-state index in [0.717, 1.165) is 0 Å². The fraction of sp³-hybridized carbons (Fsp3) is 0.455. The van der Waals surface area contributed by atoms with Crippen LogP contribution in [-0.4, -0.2) is 12.2 Å². The average molecular weight is 271 g/mol. The van der Waals surface area contributed by atoms with E-state index < -0.39 is 36.1 Å². The maximum Gasteiger partial charge on any atom is 0.390 e. The summed E-state index contributed by atoms with van der Waals surface area (Å²) in [4.78, 5) is 0. The third-order valence-electron chi connectivity index (χ3n) is 2.27. The summed E-state index contributed by atoms with van der Waals surface area (Å²) in [5, 5.41) is 2.39. The summed E-state index contributed by atoms with van der Waals surface area (Å²) in [6, 6.07) is 0.0381. The number of hydrogen-bond donors (Lipinski definition) is 1. The summed E-state index contributed by atoms with van der Waals surface area (Å²) in [6.07, 6.45) is -5.42. The van der Waals surface area contributed by atoms with E-state index in [1.54, 1.807) is 0 Å². The monoisotopic (exact) mass is 271 g/mol. The van der Waals surface area contributed by atoms with Crippen LogP contribution in [0.25, 0.3) is 0 Å². The predicted octanol–water partition coefficient (Wildman–Crippen LogP) is 3.53. The maximum absolute atomic E-state index is 13.1. The van der Waals surface area contributed by atoms with Crippen LogP contribution in [0.4, 0.5) is 26.3 Å². The molecular formula is C11H11F6N. The Hall–Kier alpha value is -1.24. The van der Waals surface area contributed by atoms with Gasteiger partial charge in [-0.25, -0.2) is 13.2 Å². The van der Waals surface area contributed by atoms with Crippen molar-refractivity contribution in [1.82, 2.24) is 5.32 Å². The Kier molecular flexibility index (Phi) is 4.61. The van der Waals surface area contributed by atoms with Gasteiger partial charge in [0, 0.05) is 24.2 Å². The van der Waals surface area contributed by atoms with Crippen molar-refractivity contribution in [2.75, 3.05) is 0 Å². The highest BCUT2D eigenvalue weighted by molar-refractivity contribution is 5.19. The molecule has 0 spiro atoms.